The first-order chi connectivity index (χ1) is 45.5. The normalized spacial score (nSPS) is 5.80. The van der Waals surface area contributed by atoms with Gasteiger partial charge in [0, 0.05) is 23.0 Å². The molecule has 10 rings (SSSR count). The Kier molecular flexibility index (Phi) is 449. The van der Waals surface area contributed by atoms with Crippen molar-refractivity contribution < 1.29 is 8.94 Å². The Balaban J connectivity index is -0.0000000323. The van der Waals surface area contributed by atoms with E-state index in [-0.39, 0.29) is 0 Å². The molecule has 0 saturated heterocycles. The quantitative estimate of drug-likeness (QED) is 0.0941. The van der Waals surface area contributed by atoms with Crippen molar-refractivity contribution in [1.82, 2.24) is 127 Å². The zero-order valence-electron chi connectivity index (χ0n) is 65.8. The molecule has 0 fully saturated rings. The van der Waals surface area contributed by atoms with E-state index in [1.807, 2.05) is 301 Å². The second kappa shape index (κ2) is 290. The molecule has 0 atom stereocenters. The average molecular weight is 1340 g/mol. The molecular formula is C62H147N25O2S2. The summed E-state index contributed by atoms with van der Waals surface area (Å²) in [5.74, 6) is 0. The molecule has 0 aliphatic rings. The Morgan fingerprint density at radius 1 is 0.297 bits per heavy atom. The van der Waals surface area contributed by atoms with Crippen molar-refractivity contribution in [1.29, 1.82) is 0 Å². The van der Waals surface area contributed by atoms with Crippen molar-refractivity contribution in [2.45, 2.75) is 277 Å². The van der Waals surface area contributed by atoms with Crippen molar-refractivity contribution in [2.24, 2.45) is 0 Å². The van der Waals surface area contributed by atoms with E-state index in [4.69, 9.17) is 0 Å². The van der Waals surface area contributed by atoms with Gasteiger partial charge in [-0.15, -0.1) is 52.1 Å². The number of pyridine rings is 1. The van der Waals surface area contributed by atoms with Crippen LogP contribution < -0.4 is 0 Å². The topological polar surface area (TPSA) is 363 Å². The van der Waals surface area contributed by atoms with E-state index in [1.54, 1.807) is 54.4 Å². The van der Waals surface area contributed by atoms with Gasteiger partial charge in [0.05, 0.1) is 37.2 Å². The second-order valence-electron chi connectivity index (χ2n) is 6.53. The maximum Gasteiger partial charge on any atom is 0.203 e. The summed E-state index contributed by atoms with van der Waals surface area (Å²) in [5, 5.41) is 68.1. The van der Waals surface area contributed by atoms with E-state index in [0.717, 1.165) is 0 Å². The third-order valence-electron chi connectivity index (χ3n) is 3.29. The zero-order valence-corrected chi connectivity index (χ0v) is 67.4. The van der Waals surface area contributed by atoms with Crippen LogP contribution in [0.2, 0.25) is 0 Å². The number of hydrogen-bond acceptors (Lipinski definition) is 24. The van der Waals surface area contributed by atoms with Crippen LogP contribution in [0, 0.1) is 0 Å². The maximum atomic E-state index is 4.36. The minimum Gasteiger partial charge on any atom is -0.431 e. The van der Waals surface area contributed by atoms with Crippen LogP contribution in [0.5, 0.6) is 0 Å². The first-order valence-electron chi connectivity index (χ1n) is 33.0. The Morgan fingerprint density at radius 3 is 0.747 bits per heavy atom. The number of tetrazole rings is 1. The Bertz CT molecular complexity index is 1200. The maximum absolute atomic E-state index is 4.36. The van der Waals surface area contributed by atoms with Gasteiger partial charge in [-0.05, 0) is 23.7 Å². The summed E-state index contributed by atoms with van der Waals surface area (Å²) in [5.41, 5.74) is 3.36. The molecule has 0 aliphatic heterocycles. The highest BCUT2D eigenvalue weighted by atomic mass is 32.1. The van der Waals surface area contributed by atoms with Gasteiger partial charge in [0.15, 0.2) is 6.33 Å². The molecule has 0 amide bonds. The molecule has 544 valence electrons. The second-order valence-corrected chi connectivity index (χ2v) is 7.87. The van der Waals surface area contributed by atoms with Crippen LogP contribution in [0.3, 0.4) is 0 Å². The fraction of sp³-hybridized carbons (Fsp3) is 0.645. The Labute approximate surface area is 568 Å². The van der Waals surface area contributed by atoms with Crippen molar-refractivity contribution >= 4 is 22.9 Å². The highest BCUT2D eigenvalue weighted by Crippen LogP contribution is 1.81. The number of aromatic nitrogens is 25. The minimum absolute atomic E-state index is 1.26. The summed E-state index contributed by atoms with van der Waals surface area (Å²) < 4.78 is 12.1. The molecule has 0 bridgehead atoms. The largest absolute Gasteiger partial charge is 0.431 e. The lowest BCUT2D eigenvalue weighted by Crippen LogP contribution is -1.64. The van der Waals surface area contributed by atoms with Crippen molar-refractivity contribution in [3.8, 4) is 0 Å². The molecule has 0 saturated carbocycles. The van der Waals surface area contributed by atoms with Crippen LogP contribution >= 0.6 is 22.9 Å². The Hall–Kier alpha value is -7.82. The van der Waals surface area contributed by atoms with Gasteiger partial charge in [-0.3, -0.25) is 15.2 Å². The van der Waals surface area contributed by atoms with E-state index < -0.39 is 0 Å². The lowest BCUT2D eigenvalue weighted by molar-refractivity contribution is 0.393. The van der Waals surface area contributed by atoms with Crippen LogP contribution in [-0.4, -0.2) is 127 Å². The van der Waals surface area contributed by atoms with Crippen molar-refractivity contribution in [3.05, 3.63) is 135 Å². The molecule has 0 unspecified atom stereocenters. The minimum atomic E-state index is 1.26. The third kappa shape index (κ3) is 283. The fourth-order valence-electron chi connectivity index (χ4n) is 1.65. The van der Waals surface area contributed by atoms with Crippen molar-refractivity contribution in [2.75, 3.05) is 0 Å². The van der Waals surface area contributed by atoms with Gasteiger partial charge < -0.3 is 8.94 Å². The summed E-state index contributed by atoms with van der Waals surface area (Å²) >= 11 is 2.84. The summed E-state index contributed by atoms with van der Waals surface area (Å²) in [7, 11) is 0. The summed E-state index contributed by atoms with van der Waals surface area (Å²) in [6, 6.07) is 5.72. The van der Waals surface area contributed by atoms with E-state index >= 15 is 0 Å². The highest BCUT2D eigenvalue weighted by Gasteiger charge is 1.64. The molecule has 27 nitrogen and oxygen atoms in total. The van der Waals surface area contributed by atoms with Crippen LogP contribution in [0.4, 0.5) is 0 Å². The SMILES string of the molecule is CC.CC.CC.CC.CC.CC.CC.CC.CC.CC.CC.CC.CC.CC.CC.CC.CC.CC.CC.CC.c1ccncc1.c1cn[nH]n1.c1cn[nH]n1.c1conn1.c1csnn1.c1nc[nH]n1.c1nc[nH]n1.c1nn[nH]n1.c1nnco1.c1nncs1. The van der Waals surface area contributed by atoms with Gasteiger partial charge >= 0.3 is 0 Å². The monoisotopic (exact) mass is 1340 g/mol. The van der Waals surface area contributed by atoms with Crippen molar-refractivity contribution in [3.63, 3.8) is 0 Å². The molecule has 10 heterocycles. The van der Waals surface area contributed by atoms with Gasteiger partial charge in [0.1, 0.15) is 42.6 Å². The fourth-order valence-corrected chi connectivity index (χ4v) is 2.20. The number of H-pyrrole nitrogens is 5. The molecule has 0 spiro atoms. The molecule has 10 aromatic heterocycles. The summed E-state index contributed by atoms with van der Waals surface area (Å²) in [6.45, 7) is 80.0. The summed E-state index contributed by atoms with van der Waals surface area (Å²) in [4.78, 5) is 10.9. The lowest BCUT2D eigenvalue weighted by Gasteiger charge is -1.70. The van der Waals surface area contributed by atoms with Gasteiger partial charge in [0.25, 0.3) is 0 Å². The number of rotatable bonds is 0. The van der Waals surface area contributed by atoms with Gasteiger partial charge in [-0.1, -0.05) is 293 Å². The van der Waals surface area contributed by atoms with Crippen LogP contribution in [0.1, 0.15) is 277 Å². The first kappa shape index (κ1) is 141. The van der Waals surface area contributed by atoms with Crippen LogP contribution in [0.25, 0.3) is 0 Å². The van der Waals surface area contributed by atoms with E-state index in [0.29, 0.717) is 0 Å². The molecule has 0 aliphatic carbocycles. The molecular weight excluding hydrogens is 1190 g/mol. The Morgan fingerprint density at radius 2 is 0.659 bits per heavy atom. The number of hydrogen-bond donors (Lipinski definition) is 5. The molecule has 0 aromatic carbocycles. The van der Waals surface area contributed by atoms with E-state index in [9.17, 15) is 0 Å². The smallest absolute Gasteiger partial charge is 0.203 e. The van der Waals surface area contributed by atoms with Crippen LogP contribution in [0.15, 0.2) is 144 Å². The molecule has 10 aromatic rings. The van der Waals surface area contributed by atoms with Gasteiger partial charge in [-0.25, -0.2) is 9.97 Å². The predicted molar refractivity (Wildman–Crippen MR) is 399 cm³/mol. The number of aromatic amines is 5. The molecule has 0 radical (unpaired) electrons. The van der Waals surface area contributed by atoms with Gasteiger partial charge in [-0.2, -0.15) is 46.2 Å². The van der Waals surface area contributed by atoms with E-state index in [1.165, 1.54) is 79.8 Å². The highest BCUT2D eigenvalue weighted by molar-refractivity contribution is 7.07. The summed E-state index contributed by atoms with van der Waals surface area (Å²) in [6.07, 6.45) is 24.1. The standard InChI is InChI=1S/C5H5N.4C2H3N3.2C2H2N2O.2C2H2N2S.20C2H6.CH2N4/c1-2-4-6-5-3-1;2*1-3-2-5-4-1;2*1-2-4-5-3-1;1-3-4-2-5-1;1-2-5-4-3-1;1-3-4-2-5-1;1-2-5-4-3-1;20*1-2;1-2-4-5-3-1/h1-5H;4*1-2H,(H,3,4,5);4*1-2H;20*1-2H3;1H,(H,2,3,4,5). The third-order valence-corrected chi connectivity index (χ3v) is 4.16. The number of nitrogens with zero attached hydrogens (tertiary/aromatic N) is 20. The van der Waals surface area contributed by atoms with Crippen LogP contribution in [-0.2, 0) is 0 Å². The van der Waals surface area contributed by atoms with E-state index in [2.05, 4.69) is 136 Å². The average Bonchev–Trinajstić information content (AvgIpc) is 4.53. The molecule has 5 N–H and O–H groups in total. The lowest BCUT2D eigenvalue weighted by atomic mass is 10.5. The predicted octanol–water partition coefficient (Wildman–Crippen LogP) is 21.2. The van der Waals surface area contributed by atoms with Gasteiger partial charge in [0.2, 0.25) is 12.8 Å². The number of nitrogens with one attached hydrogen (secondary N) is 5. The first-order valence-corrected chi connectivity index (χ1v) is 34.8. The molecule has 91 heavy (non-hydrogen) atoms. The zero-order chi connectivity index (χ0) is 76.1. The molecule has 29 heteroatoms.